The average molecular weight is 452 g/mol. The summed E-state index contributed by atoms with van der Waals surface area (Å²) in [6, 6.07) is 12.1. The number of nitrogens with two attached hydrogens (primary N) is 1. The van der Waals surface area contributed by atoms with Crippen LogP contribution in [-0.4, -0.2) is 24.3 Å². The lowest BCUT2D eigenvalue weighted by Crippen LogP contribution is -2.43. The van der Waals surface area contributed by atoms with Crippen molar-refractivity contribution < 1.29 is 17.9 Å². The summed E-state index contributed by atoms with van der Waals surface area (Å²) in [5.41, 5.74) is 9.07. The fraction of sp³-hybridized carbons (Fsp3) is 0.400. The number of aliphatic imine (C=N–C) groups is 2. The number of ether oxygens (including phenoxy) is 1. The van der Waals surface area contributed by atoms with Crippen LogP contribution in [0.3, 0.4) is 0 Å². The van der Waals surface area contributed by atoms with E-state index in [0.717, 1.165) is 16.7 Å². The molecule has 0 saturated heterocycles. The zero-order valence-electron chi connectivity index (χ0n) is 18.1. The molecule has 1 atom stereocenters. The molecule has 2 aromatic rings. The highest BCUT2D eigenvalue weighted by Gasteiger charge is 2.60. The topological polar surface area (TPSA) is 83.8 Å². The Hall–Kier alpha value is -3.18. The van der Waals surface area contributed by atoms with E-state index in [1.54, 1.807) is 6.07 Å². The van der Waals surface area contributed by atoms with Crippen molar-refractivity contribution in [3.05, 3.63) is 58.9 Å². The molecule has 2 spiro atoms. The molecule has 0 amide bonds. The lowest BCUT2D eigenvalue weighted by Gasteiger charge is -2.44. The maximum absolute atomic E-state index is 14.1. The Morgan fingerprint density at radius 2 is 1.88 bits per heavy atom. The molecule has 1 saturated carbocycles. The van der Waals surface area contributed by atoms with Crippen LogP contribution in [-0.2, 0) is 16.8 Å². The number of rotatable bonds is 3. The normalized spacial score (nSPS) is 28.2. The first-order valence-corrected chi connectivity index (χ1v) is 11.0. The van der Waals surface area contributed by atoms with Crippen LogP contribution in [0.25, 0.3) is 11.1 Å². The Balaban J connectivity index is 1.59. The summed E-state index contributed by atoms with van der Waals surface area (Å²) in [4.78, 5) is 9.83. The third kappa shape index (κ3) is 3.42. The first-order chi connectivity index (χ1) is 15.7. The summed E-state index contributed by atoms with van der Waals surface area (Å²) in [5.74, 6) is -0.110. The number of nitrogens with zero attached hydrogens (tertiary/aromatic N) is 3. The molecule has 2 aromatic carbocycles. The van der Waals surface area contributed by atoms with Gasteiger partial charge in [-0.15, -0.1) is 0 Å². The fourth-order valence-corrected chi connectivity index (χ4v) is 5.72. The smallest absolute Gasteiger partial charge is 0.345 e. The molecule has 1 aliphatic heterocycles. The third-order valence-electron chi connectivity index (χ3n) is 7.28. The van der Waals surface area contributed by atoms with Gasteiger partial charge in [-0.05, 0) is 80.0 Å². The second kappa shape index (κ2) is 7.70. The van der Waals surface area contributed by atoms with Crippen LogP contribution in [0.2, 0.25) is 0 Å². The van der Waals surface area contributed by atoms with Gasteiger partial charge in [0, 0.05) is 11.0 Å². The number of amidine groups is 1. The van der Waals surface area contributed by atoms with E-state index in [1.165, 1.54) is 12.1 Å². The number of nitriles is 1. The van der Waals surface area contributed by atoms with Gasteiger partial charge in [-0.2, -0.15) is 14.0 Å². The molecule has 5 rings (SSSR count). The van der Waals surface area contributed by atoms with Crippen molar-refractivity contribution in [1.82, 2.24) is 0 Å². The molecule has 8 heteroatoms. The van der Waals surface area contributed by atoms with E-state index in [1.807, 2.05) is 31.2 Å². The summed E-state index contributed by atoms with van der Waals surface area (Å²) < 4.78 is 44.4. The molecule has 3 aliphatic rings. The van der Waals surface area contributed by atoms with Gasteiger partial charge in [0.05, 0.1) is 23.4 Å². The summed E-state index contributed by atoms with van der Waals surface area (Å²) >= 11 is 0. The van der Waals surface area contributed by atoms with Gasteiger partial charge in [0.1, 0.15) is 11.7 Å². The number of alkyl halides is 2. The lowest BCUT2D eigenvalue weighted by atomic mass is 9.65. The Kier molecular flexibility index (Phi) is 5.05. The minimum atomic E-state index is -2.79. The predicted octanol–water partition coefficient (Wildman–Crippen LogP) is 5.07. The number of benzene rings is 2. The van der Waals surface area contributed by atoms with Crippen molar-refractivity contribution in [3.8, 4) is 17.2 Å². The molecule has 1 fully saturated rings. The maximum atomic E-state index is 14.1. The van der Waals surface area contributed by atoms with Gasteiger partial charge >= 0.3 is 6.61 Å². The zero-order valence-corrected chi connectivity index (χ0v) is 18.1. The molecule has 5 nitrogen and oxygen atoms in total. The molecule has 33 heavy (non-hydrogen) atoms. The van der Waals surface area contributed by atoms with Gasteiger partial charge in [0.2, 0.25) is 0 Å². The first kappa shape index (κ1) is 21.7. The highest BCUT2D eigenvalue weighted by Crippen LogP contribution is 2.62. The molecule has 170 valence electrons. The monoisotopic (exact) mass is 452 g/mol. The highest BCUT2D eigenvalue weighted by molar-refractivity contribution is 6.41. The van der Waals surface area contributed by atoms with E-state index in [0.29, 0.717) is 49.2 Å². The molecule has 0 bridgehead atoms. The summed E-state index contributed by atoms with van der Waals surface area (Å²) in [5, 5.41) is 9.23. The largest absolute Gasteiger partial charge is 0.382 e. The first-order valence-electron chi connectivity index (χ1n) is 11.0. The molecule has 2 N–H and O–H groups in total. The molecule has 1 heterocycles. The van der Waals surface area contributed by atoms with Gasteiger partial charge in [-0.25, -0.2) is 9.38 Å². The Labute approximate surface area is 189 Å². The average Bonchev–Trinajstić information content (AvgIpc) is 3.22. The van der Waals surface area contributed by atoms with E-state index in [9.17, 15) is 18.4 Å². The van der Waals surface area contributed by atoms with Gasteiger partial charge in [0.25, 0.3) is 0 Å². The second-order valence-electron chi connectivity index (χ2n) is 9.13. The van der Waals surface area contributed by atoms with Crippen LogP contribution in [0.5, 0.6) is 0 Å². The Morgan fingerprint density at radius 3 is 2.52 bits per heavy atom. The SMILES string of the molecule is CC1=NC2(N=C1N)c1cc(-c3cc(F)cc(C#N)c3)ccc1CC21CCC(OC(F)F)CC1. The van der Waals surface area contributed by atoms with Gasteiger partial charge < -0.3 is 10.5 Å². The molecule has 0 aromatic heterocycles. The van der Waals surface area contributed by atoms with E-state index in [4.69, 9.17) is 20.5 Å². The quantitative estimate of drug-likeness (QED) is 0.706. The van der Waals surface area contributed by atoms with Crippen LogP contribution < -0.4 is 5.73 Å². The summed E-state index contributed by atoms with van der Waals surface area (Å²) in [7, 11) is 0. The van der Waals surface area contributed by atoms with Gasteiger partial charge in [-0.1, -0.05) is 12.1 Å². The Bertz CT molecular complexity index is 1200. The van der Waals surface area contributed by atoms with Crippen LogP contribution in [0.15, 0.2) is 46.4 Å². The van der Waals surface area contributed by atoms with E-state index >= 15 is 0 Å². The minimum absolute atomic E-state index is 0.242. The van der Waals surface area contributed by atoms with E-state index < -0.39 is 29.6 Å². The predicted molar refractivity (Wildman–Crippen MR) is 118 cm³/mol. The maximum Gasteiger partial charge on any atom is 0.345 e. The molecular formula is C25H23F3N4O. The number of fused-ring (bicyclic) bond motifs is 3. The van der Waals surface area contributed by atoms with Crippen molar-refractivity contribution in [3.63, 3.8) is 0 Å². The van der Waals surface area contributed by atoms with Crippen LogP contribution in [0.1, 0.15) is 49.3 Å². The summed E-state index contributed by atoms with van der Waals surface area (Å²) in [6.07, 6.45) is 2.45. The van der Waals surface area contributed by atoms with E-state index in [2.05, 4.69) is 0 Å². The third-order valence-corrected chi connectivity index (χ3v) is 7.28. The van der Waals surface area contributed by atoms with Gasteiger partial charge in [0.15, 0.2) is 5.66 Å². The van der Waals surface area contributed by atoms with Crippen LogP contribution in [0.4, 0.5) is 13.2 Å². The Morgan fingerprint density at radius 1 is 1.12 bits per heavy atom. The molecular weight excluding hydrogens is 429 g/mol. The molecule has 0 radical (unpaired) electrons. The standard InChI is InChI=1S/C25H23F3N4O/c1-14-22(30)32-25(31-14)21-11-16(18-8-15(13-29)9-19(26)10-18)2-3-17(21)12-24(25)6-4-20(5-7-24)33-23(27)28/h2-3,8-11,20,23H,4-7,12H2,1H3,(H2,30,32). The van der Waals surface area contributed by atoms with Crippen LogP contribution >= 0.6 is 0 Å². The van der Waals surface area contributed by atoms with Crippen molar-refractivity contribution in [1.29, 1.82) is 5.26 Å². The van der Waals surface area contributed by atoms with Crippen molar-refractivity contribution >= 4 is 11.5 Å². The molecule has 2 aliphatic carbocycles. The minimum Gasteiger partial charge on any atom is -0.382 e. The number of hydrogen-bond donors (Lipinski definition) is 1. The zero-order chi connectivity index (χ0) is 23.4. The van der Waals surface area contributed by atoms with Crippen molar-refractivity contribution in [2.24, 2.45) is 21.1 Å². The molecule has 1 unspecified atom stereocenters. The summed E-state index contributed by atoms with van der Waals surface area (Å²) in [6.45, 7) is -0.966. The van der Waals surface area contributed by atoms with Gasteiger partial charge in [-0.3, -0.25) is 4.99 Å². The van der Waals surface area contributed by atoms with E-state index in [-0.39, 0.29) is 5.56 Å². The van der Waals surface area contributed by atoms with Crippen molar-refractivity contribution in [2.75, 3.05) is 0 Å². The van der Waals surface area contributed by atoms with Crippen LogP contribution in [0, 0.1) is 22.6 Å². The van der Waals surface area contributed by atoms with Crippen molar-refractivity contribution in [2.45, 2.75) is 57.4 Å². The fourth-order valence-electron chi connectivity index (χ4n) is 5.72. The number of hydrogen-bond acceptors (Lipinski definition) is 5. The highest BCUT2D eigenvalue weighted by atomic mass is 19.3. The number of halogens is 3. The lowest BCUT2D eigenvalue weighted by molar-refractivity contribution is -0.177. The second-order valence-corrected chi connectivity index (χ2v) is 9.13.